The first-order chi connectivity index (χ1) is 13.5. The number of aliphatic hydroxyl groups is 2. The van der Waals surface area contributed by atoms with E-state index in [1.165, 1.54) is 0 Å². The number of hydrogen-bond donors (Lipinski definition) is 3. The fourth-order valence-electron chi connectivity index (χ4n) is 3.27. The number of aliphatic hydroxyl groups excluding tert-OH is 2. The molecule has 162 valence electrons. The third-order valence-corrected chi connectivity index (χ3v) is 5.69. The topological polar surface area (TPSA) is 148 Å². The highest BCUT2D eigenvalue weighted by Crippen LogP contribution is 2.38. The van der Waals surface area contributed by atoms with Crippen LogP contribution < -0.4 is 11.2 Å². The number of esters is 1. The Morgan fingerprint density at radius 2 is 1.86 bits per heavy atom. The van der Waals surface area contributed by atoms with Crippen LogP contribution in [0.2, 0.25) is 0 Å². The number of carbonyl (C=O) groups excluding carboxylic acids is 2. The van der Waals surface area contributed by atoms with Crippen molar-refractivity contribution in [1.82, 2.24) is 9.55 Å². The van der Waals surface area contributed by atoms with Crippen LogP contribution in [-0.4, -0.2) is 56.4 Å². The van der Waals surface area contributed by atoms with E-state index in [2.05, 4.69) is 4.74 Å². The Morgan fingerprint density at radius 3 is 2.41 bits per heavy atom. The minimum absolute atomic E-state index is 0.124. The summed E-state index contributed by atoms with van der Waals surface area (Å²) in [6.45, 7) is 6.53. The predicted molar refractivity (Wildman–Crippen MR) is 102 cm³/mol. The van der Waals surface area contributed by atoms with Crippen LogP contribution in [0.25, 0.3) is 0 Å². The lowest BCUT2D eigenvalue weighted by Gasteiger charge is -2.30. The summed E-state index contributed by atoms with van der Waals surface area (Å²) in [5.74, 6) is -1.51. The normalized spacial score (nSPS) is 24.5. The second-order valence-corrected chi connectivity index (χ2v) is 7.68. The van der Waals surface area contributed by atoms with Crippen LogP contribution >= 0.6 is 0 Å². The molecule has 1 unspecified atom stereocenters. The number of hydrogen-bond acceptors (Lipinski definition) is 8. The SMILES string of the molecule is CCC(C)(CC)C[C@H]1OC(n2cc(C(=O)COC(C)=O)c(=O)[nH]c2=O)[C@H](O)[C@@H]1O. The van der Waals surface area contributed by atoms with Gasteiger partial charge < -0.3 is 19.7 Å². The van der Waals surface area contributed by atoms with Gasteiger partial charge in [-0.2, -0.15) is 0 Å². The number of aromatic amines is 1. The minimum atomic E-state index is -1.43. The lowest BCUT2D eigenvalue weighted by molar-refractivity contribution is -0.139. The van der Waals surface area contributed by atoms with E-state index in [1.807, 2.05) is 25.8 Å². The molecule has 2 rings (SSSR count). The van der Waals surface area contributed by atoms with E-state index >= 15 is 0 Å². The Bertz CT molecular complexity index is 870. The van der Waals surface area contributed by atoms with Gasteiger partial charge in [-0.25, -0.2) is 4.79 Å². The quantitative estimate of drug-likeness (QED) is 0.403. The third kappa shape index (κ3) is 5.01. The van der Waals surface area contributed by atoms with E-state index in [4.69, 9.17) is 4.74 Å². The monoisotopic (exact) mass is 412 g/mol. The third-order valence-electron chi connectivity index (χ3n) is 5.69. The fraction of sp³-hybridized carbons (Fsp3) is 0.684. The Balaban J connectivity index is 2.33. The lowest BCUT2D eigenvalue weighted by Crippen LogP contribution is -2.40. The van der Waals surface area contributed by atoms with Crippen LogP contribution in [0.5, 0.6) is 0 Å². The number of aromatic nitrogens is 2. The zero-order chi connectivity index (χ0) is 21.9. The first-order valence-electron chi connectivity index (χ1n) is 9.56. The maximum absolute atomic E-state index is 12.3. The number of H-pyrrole nitrogens is 1. The van der Waals surface area contributed by atoms with Crippen molar-refractivity contribution in [3.8, 4) is 0 Å². The maximum Gasteiger partial charge on any atom is 0.330 e. The van der Waals surface area contributed by atoms with Crippen LogP contribution in [0.1, 0.15) is 63.5 Å². The largest absolute Gasteiger partial charge is 0.457 e. The Kier molecular flexibility index (Phi) is 7.15. The molecule has 0 bridgehead atoms. The molecular weight excluding hydrogens is 384 g/mol. The van der Waals surface area contributed by atoms with Gasteiger partial charge in [-0.15, -0.1) is 0 Å². The molecule has 0 amide bonds. The van der Waals surface area contributed by atoms with Crippen molar-refractivity contribution >= 4 is 11.8 Å². The molecule has 0 saturated carbocycles. The van der Waals surface area contributed by atoms with Crippen molar-refractivity contribution in [3.63, 3.8) is 0 Å². The summed E-state index contributed by atoms with van der Waals surface area (Å²) in [6.07, 6.45) is -1.58. The van der Waals surface area contributed by atoms with Crippen LogP contribution in [0.4, 0.5) is 0 Å². The van der Waals surface area contributed by atoms with Crippen molar-refractivity contribution in [3.05, 3.63) is 32.6 Å². The van der Waals surface area contributed by atoms with Crippen molar-refractivity contribution in [2.24, 2.45) is 5.41 Å². The molecule has 3 N–H and O–H groups in total. The summed E-state index contributed by atoms with van der Waals surface area (Å²) < 4.78 is 11.2. The molecule has 0 spiro atoms. The minimum Gasteiger partial charge on any atom is -0.457 e. The highest BCUT2D eigenvalue weighted by molar-refractivity contribution is 5.97. The molecule has 1 aliphatic rings. The summed E-state index contributed by atoms with van der Waals surface area (Å²) in [5.41, 5.74) is -2.39. The smallest absolute Gasteiger partial charge is 0.330 e. The summed E-state index contributed by atoms with van der Waals surface area (Å²) >= 11 is 0. The molecule has 1 aromatic heterocycles. The molecule has 2 heterocycles. The second kappa shape index (κ2) is 9.02. The fourth-order valence-corrected chi connectivity index (χ4v) is 3.27. The molecule has 1 saturated heterocycles. The first-order valence-corrected chi connectivity index (χ1v) is 9.56. The number of nitrogens with zero attached hydrogens (tertiary/aromatic N) is 1. The van der Waals surface area contributed by atoms with Gasteiger partial charge in [0.1, 0.15) is 17.8 Å². The van der Waals surface area contributed by atoms with Crippen LogP contribution in [0.3, 0.4) is 0 Å². The van der Waals surface area contributed by atoms with E-state index in [-0.39, 0.29) is 5.41 Å². The average Bonchev–Trinajstić information content (AvgIpc) is 2.94. The van der Waals surface area contributed by atoms with E-state index in [1.54, 1.807) is 0 Å². The molecule has 1 aliphatic heterocycles. The van der Waals surface area contributed by atoms with E-state index in [9.17, 15) is 29.4 Å². The summed E-state index contributed by atoms with van der Waals surface area (Å²) in [6, 6.07) is 0. The zero-order valence-corrected chi connectivity index (χ0v) is 17.0. The van der Waals surface area contributed by atoms with E-state index in [0.717, 1.165) is 30.5 Å². The Hall–Kier alpha value is -2.30. The summed E-state index contributed by atoms with van der Waals surface area (Å²) in [7, 11) is 0. The maximum atomic E-state index is 12.3. The lowest BCUT2D eigenvalue weighted by atomic mass is 9.78. The van der Waals surface area contributed by atoms with Crippen LogP contribution in [0.15, 0.2) is 15.8 Å². The van der Waals surface area contributed by atoms with Crippen LogP contribution in [0, 0.1) is 5.41 Å². The van der Waals surface area contributed by atoms with Gasteiger partial charge in [0.15, 0.2) is 12.8 Å². The molecule has 10 heteroatoms. The number of nitrogens with one attached hydrogen (secondary N) is 1. The standard InChI is InChI=1S/C19H28N2O8/c1-5-19(4,6-2)7-13-14(24)15(25)17(29-13)21-8-11(16(26)20-18(21)27)12(23)9-28-10(3)22/h8,13-15,17,24-25H,5-7,9H2,1-4H3,(H,20,26,27)/t13-,14-,15-,17?/m1/s1. The number of ketones is 1. The van der Waals surface area contributed by atoms with Gasteiger partial charge in [-0.05, 0) is 11.8 Å². The van der Waals surface area contributed by atoms with Gasteiger partial charge in [0.2, 0.25) is 5.78 Å². The Morgan fingerprint density at radius 1 is 1.24 bits per heavy atom. The van der Waals surface area contributed by atoms with Crippen LogP contribution in [-0.2, 0) is 14.3 Å². The van der Waals surface area contributed by atoms with E-state index < -0.39 is 59.7 Å². The van der Waals surface area contributed by atoms with Gasteiger partial charge >= 0.3 is 11.7 Å². The number of Topliss-reactive ketones (excluding diaryl/α,β-unsaturated/α-hetero) is 1. The van der Waals surface area contributed by atoms with Gasteiger partial charge in [0, 0.05) is 13.1 Å². The molecule has 0 aliphatic carbocycles. The molecule has 0 radical (unpaired) electrons. The number of ether oxygens (including phenoxy) is 2. The zero-order valence-electron chi connectivity index (χ0n) is 17.0. The Labute approximate surface area is 167 Å². The molecule has 0 aromatic carbocycles. The van der Waals surface area contributed by atoms with Gasteiger partial charge in [-0.1, -0.05) is 33.6 Å². The highest BCUT2D eigenvalue weighted by atomic mass is 16.6. The first kappa shape index (κ1) is 23.0. The van der Waals surface area contributed by atoms with Gasteiger partial charge in [0.25, 0.3) is 5.56 Å². The van der Waals surface area contributed by atoms with Gasteiger partial charge in [-0.3, -0.25) is 23.9 Å². The van der Waals surface area contributed by atoms with Gasteiger partial charge in [0.05, 0.1) is 6.10 Å². The molecule has 29 heavy (non-hydrogen) atoms. The summed E-state index contributed by atoms with van der Waals surface area (Å²) in [5, 5.41) is 20.9. The number of rotatable bonds is 8. The molecule has 10 nitrogen and oxygen atoms in total. The summed E-state index contributed by atoms with van der Waals surface area (Å²) in [4.78, 5) is 49.3. The second-order valence-electron chi connectivity index (χ2n) is 7.68. The highest BCUT2D eigenvalue weighted by Gasteiger charge is 2.46. The molecule has 4 atom stereocenters. The van der Waals surface area contributed by atoms with Crippen molar-refractivity contribution < 1.29 is 29.3 Å². The molecule has 1 aromatic rings. The average molecular weight is 412 g/mol. The van der Waals surface area contributed by atoms with Crippen molar-refractivity contribution in [2.45, 2.75) is 71.5 Å². The van der Waals surface area contributed by atoms with Crippen molar-refractivity contribution in [2.75, 3.05) is 6.61 Å². The number of carbonyl (C=O) groups is 2. The predicted octanol–water partition coefficient (Wildman–Crippen LogP) is 0.118. The molecular formula is C19H28N2O8. The van der Waals surface area contributed by atoms with Crippen molar-refractivity contribution in [1.29, 1.82) is 0 Å². The molecule has 1 fully saturated rings. The van der Waals surface area contributed by atoms with E-state index in [0.29, 0.717) is 6.42 Å².